The van der Waals surface area contributed by atoms with Crippen LogP contribution in [-0.2, 0) is 21.0 Å². The van der Waals surface area contributed by atoms with Crippen LogP contribution in [0.3, 0.4) is 0 Å². The largest absolute Gasteiger partial charge is 0.484 e. The molecule has 3 aromatic rings. The Balaban J connectivity index is 1.57. The number of sulfonamides is 1. The molecule has 0 bridgehead atoms. The summed E-state index contributed by atoms with van der Waals surface area (Å²) >= 11 is 0. The second-order valence-electron chi connectivity index (χ2n) is 6.36. The van der Waals surface area contributed by atoms with Gasteiger partial charge in [-0.3, -0.25) is 9.52 Å². The molecule has 1 amide bonds. The number of benzene rings is 3. The van der Waals surface area contributed by atoms with Crippen LogP contribution in [0.5, 0.6) is 5.75 Å². The van der Waals surface area contributed by atoms with E-state index < -0.39 is 34.3 Å². The second-order valence-corrected chi connectivity index (χ2v) is 8.04. The summed E-state index contributed by atoms with van der Waals surface area (Å²) in [4.78, 5) is 12.0. The molecule has 0 aliphatic heterocycles. The van der Waals surface area contributed by atoms with Gasteiger partial charge < -0.3 is 10.1 Å². The fourth-order valence-electron chi connectivity index (χ4n) is 2.55. The van der Waals surface area contributed by atoms with Crippen molar-refractivity contribution in [1.29, 1.82) is 0 Å². The van der Waals surface area contributed by atoms with E-state index in [1.54, 1.807) is 30.3 Å². The number of hydrogen-bond acceptors (Lipinski definition) is 4. The fourth-order valence-corrected chi connectivity index (χ4v) is 3.61. The van der Waals surface area contributed by atoms with Gasteiger partial charge >= 0.3 is 6.18 Å². The third-order valence-electron chi connectivity index (χ3n) is 4.00. The van der Waals surface area contributed by atoms with Crippen molar-refractivity contribution in [2.75, 3.05) is 16.6 Å². The maximum Gasteiger partial charge on any atom is 0.416 e. The number of carbonyl (C=O) groups excluding carboxylic acids is 1. The van der Waals surface area contributed by atoms with E-state index in [-0.39, 0.29) is 16.3 Å². The normalized spacial score (nSPS) is 11.6. The summed E-state index contributed by atoms with van der Waals surface area (Å²) in [6.07, 6.45) is -4.52. The Kier molecular flexibility index (Phi) is 6.50. The second kappa shape index (κ2) is 9.09. The highest BCUT2D eigenvalue weighted by Gasteiger charge is 2.30. The van der Waals surface area contributed by atoms with Gasteiger partial charge in [0.1, 0.15) is 5.75 Å². The van der Waals surface area contributed by atoms with Gasteiger partial charge in [0.15, 0.2) is 6.61 Å². The number of nitrogens with one attached hydrogen (secondary N) is 2. The smallest absolute Gasteiger partial charge is 0.416 e. The van der Waals surface area contributed by atoms with E-state index in [2.05, 4.69) is 10.0 Å². The van der Waals surface area contributed by atoms with Crippen molar-refractivity contribution < 1.29 is 31.1 Å². The van der Waals surface area contributed by atoms with Crippen molar-refractivity contribution in [3.8, 4) is 5.75 Å². The quantitative estimate of drug-likeness (QED) is 0.554. The summed E-state index contributed by atoms with van der Waals surface area (Å²) in [7, 11) is -3.79. The maximum absolute atomic E-state index is 12.7. The Bertz CT molecular complexity index is 1150. The summed E-state index contributed by atoms with van der Waals surface area (Å²) in [6, 6.07) is 18.0. The third-order valence-corrected chi connectivity index (χ3v) is 5.40. The molecule has 0 spiro atoms. The highest BCUT2D eigenvalue weighted by molar-refractivity contribution is 7.92. The summed E-state index contributed by atoms with van der Waals surface area (Å²) in [5.74, 6) is -0.445. The minimum Gasteiger partial charge on any atom is -0.484 e. The van der Waals surface area contributed by atoms with Crippen LogP contribution in [0.2, 0.25) is 0 Å². The molecule has 2 N–H and O–H groups in total. The van der Waals surface area contributed by atoms with Crippen LogP contribution < -0.4 is 14.8 Å². The van der Waals surface area contributed by atoms with E-state index in [1.165, 1.54) is 36.4 Å². The molecule has 0 radical (unpaired) electrons. The van der Waals surface area contributed by atoms with E-state index in [0.29, 0.717) is 5.69 Å². The van der Waals surface area contributed by atoms with E-state index in [9.17, 15) is 26.4 Å². The number of carbonyl (C=O) groups is 1. The lowest BCUT2D eigenvalue weighted by molar-refractivity contribution is -0.137. The first-order chi connectivity index (χ1) is 14.6. The van der Waals surface area contributed by atoms with Gasteiger partial charge in [0.05, 0.1) is 10.5 Å². The molecule has 0 aliphatic carbocycles. The van der Waals surface area contributed by atoms with Crippen LogP contribution in [0.15, 0.2) is 83.8 Å². The maximum atomic E-state index is 12.7. The van der Waals surface area contributed by atoms with Crippen molar-refractivity contribution in [2.45, 2.75) is 11.1 Å². The van der Waals surface area contributed by atoms with Crippen molar-refractivity contribution in [3.05, 3.63) is 84.4 Å². The zero-order valence-electron chi connectivity index (χ0n) is 15.9. The predicted molar refractivity (Wildman–Crippen MR) is 109 cm³/mol. The Morgan fingerprint density at radius 1 is 0.871 bits per heavy atom. The molecular formula is C21H17F3N2O4S. The van der Waals surface area contributed by atoms with Gasteiger partial charge in [-0.2, -0.15) is 13.2 Å². The topological polar surface area (TPSA) is 84.5 Å². The molecule has 10 heteroatoms. The van der Waals surface area contributed by atoms with Crippen molar-refractivity contribution in [2.24, 2.45) is 0 Å². The molecule has 162 valence electrons. The molecule has 3 aromatic carbocycles. The van der Waals surface area contributed by atoms with Gasteiger partial charge in [0, 0.05) is 11.4 Å². The zero-order chi connectivity index (χ0) is 22.5. The predicted octanol–water partition coefficient (Wildman–Crippen LogP) is 4.52. The Morgan fingerprint density at radius 2 is 1.52 bits per heavy atom. The Labute approximate surface area is 176 Å². The molecule has 0 aliphatic rings. The highest BCUT2D eigenvalue weighted by atomic mass is 32.2. The molecule has 0 atom stereocenters. The lowest BCUT2D eigenvalue weighted by Gasteiger charge is -2.11. The molecule has 0 fully saturated rings. The van der Waals surface area contributed by atoms with Crippen LogP contribution in [0.1, 0.15) is 5.56 Å². The standard InChI is InChI=1S/C21H17F3N2O4S/c22-21(23,24)15-5-4-8-17(13-15)25-20(27)14-30-18-9-11-19(12-10-18)31(28,29)26-16-6-2-1-3-7-16/h1-13,26H,14H2,(H,25,27). The van der Waals surface area contributed by atoms with Crippen LogP contribution in [0.4, 0.5) is 24.5 Å². The minimum atomic E-state index is -4.52. The Hall–Kier alpha value is -3.53. The van der Waals surface area contributed by atoms with Gasteiger partial charge in [0.2, 0.25) is 0 Å². The van der Waals surface area contributed by atoms with Crippen molar-refractivity contribution in [1.82, 2.24) is 0 Å². The van der Waals surface area contributed by atoms with Gasteiger partial charge in [-0.25, -0.2) is 8.42 Å². The number of ether oxygens (including phenoxy) is 1. The SMILES string of the molecule is O=C(COc1ccc(S(=O)(=O)Nc2ccccc2)cc1)Nc1cccc(C(F)(F)F)c1. The number of amides is 1. The van der Waals surface area contributed by atoms with E-state index in [4.69, 9.17) is 4.74 Å². The molecule has 6 nitrogen and oxygen atoms in total. The van der Waals surface area contributed by atoms with Gasteiger partial charge in [-0.15, -0.1) is 0 Å². The summed E-state index contributed by atoms with van der Waals surface area (Å²) in [6.45, 7) is -0.468. The van der Waals surface area contributed by atoms with Gasteiger partial charge in [0.25, 0.3) is 15.9 Å². The number of alkyl halides is 3. The Morgan fingerprint density at radius 3 is 2.16 bits per heavy atom. The van der Waals surface area contributed by atoms with E-state index in [0.717, 1.165) is 12.1 Å². The van der Waals surface area contributed by atoms with E-state index >= 15 is 0 Å². The lowest BCUT2D eigenvalue weighted by atomic mass is 10.2. The number of para-hydroxylation sites is 1. The summed E-state index contributed by atoms with van der Waals surface area (Å²) < 4.78 is 70.7. The third kappa shape index (κ3) is 6.22. The van der Waals surface area contributed by atoms with Crippen molar-refractivity contribution in [3.63, 3.8) is 0 Å². The summed E-state index contributed by atoms with van der Waals surface area (Å²) in [5, 5.41) is 2.32. The first-order valence-corrected chi connectivity index (χ1v) is 10.4. The zero-order valence-corrected chi connectivity index (χ0v) is 16.7. The monoisotopic (exact) mass is 450 g/mol. The number of halogens is 3. The van der Waals surface area contributed by atoms with Gasteiger partial charge in [-0.1, -0.05) is 24.3 Å². The molecule has 31 heavy (non-hydrogen) atoms. The van der Waals surface area contributed by atoms with Crippen LogP contribution in [-0.4, -0.2) is 20.9 Å². The molecule has 0 heterocycles. The van der Waals surface area contributed by atoms with E-state index in [1.807, 2.05) is 0 Å². The number of hydrogen-bond donors (Lipinski definition) is 2. The van der Waals surface area contributed by atoms with Crippen LogP contribution in [0.25, 0.3) is 0 Å². The highest BCUT2D eigenvalue weighted by Crippen LogP contribution is 2.30. The van der Waals surface area contributed by atoms with Crippen LogP contribution >= 0.6 is 0 Å². The fraction of sp³-hybridized carbons (Fsp3) is 0.0952. The average molecular weight is 450 g/mol. The minimum absolute atomic E-state index is 0.00267. The molecule has 0 unspecified atom stereocenters. The summed E-state index contributed by atoms with van der Waals surface area (Å²) in [5.41, 5.74) is -0.488. The van der Waals surface area contributed by atoms with Crippen molar-refractivity contribution >= 4 is 27.3 Å². The first-order valence-electron chi connectivity index (χ1n) is 8.91. The molecule has 0 saturated carbocycles. The molecule has 0 saturated heterocycles. The number of anilines is 2. The lowest BCUT2D eigenvalue weighted by Crippen LogP contribution is -2.20. The van der Waals surface area contributed by atoms with Crippen LogP contribution in [0, 0.1) is 0 Å². The number of rotatable bonds is 7. The molecule has 3 rings (SSSR count). The molecule has 0 aromatic heterocycles. The van der Waals surface area contributed by atoms with Gasteiger partial charge in [-0.05, 0) is 54.6 Å². The molecular weight excluding hydrogens is 433 g/mol. The first kappa shape index (κ1) is 22.2. The average Bonchev–Trinajstić information content (AvgIpc) is 2.72.